The predicted octanol–water partition coefficient (Wildman–Crippen LogP) is 1.37. The molecule has 15 heteroatoms. The highest BCUT2D eigenvalue weighted by atomic mass is 32.2. The van der Waals surface area contributed by atoms with E-state index >= 15 is 0 Å². The second-order valence-corrected chi connectivity index (χ2v) is 9.90. The lowest BCUT2D eigenvalue weighted by Gasteiger charge is -2.31. The van der Waals surface area contributed by atoms with Crippen molar-refractivity contribution in [2.75, 3.05) is 62.8 Å². The first-order chi connectivity index (χ1) is 16.8. The van der Waals surface area contributed by atoms with Gasteiger partial charge in [0.05, 0.1) is 55.0 Å². The monoisotopic (exact) mass is 524 g/mol. The summed E-state index contributed by atoms with van der Waals surface area (Å²) in [5, 5.41) is 17.8. The average Bonchev–Trinajstić information content (AvgIpc) is 3.34. The molecule has 1 aromatic carbocycles. The molecular formula is C20H24N6O7S2. The van der Waals surface area contributed by atoms with Gasteiger partial charge in [0.2, 0.25) is 10.0 Å². The van der Waals surface area contributed by atoms with Crippen molar-refractivity contribution in [1.29, 1.82) is 0 Å². The van der Waals surface area contributed by atoms with Gasteiger partial charge in [0.15, 0.2) is 10.9 Å². The van der Waals surface area contributed by atoms with E-state index in [0.717, 1.165) is 5.69 Å². The third-order valence-corrected chi connectivity index (χ3v) is 7.41. The van der Waals surface area contributed by atoms with Crippen molar-refractivity contribution >= 4 is 50.8 Å². The fourth-order valence-electron chi connectivity index (χ4n) is 3.61. The van der Waals surface area contributed by atoms with Gasteiger partial charge in [-0.2, -0.15) is 9.41 Å². The van der Waals surface area contributed by atoms with Gasteiger partial charge in [-0.25, -0.2) is 8.42 Å². The third kappa shape index (κ3) is 6.12. The van der Waals surface area contributed by atoms with Crippen LogP contribution in [0.2, 0.25) is 0 Å². The Hall–Kier alpha value is -3.11. The minimum absolute atomic E-state index is 0.0951. The van der Waals surface area contributed by atoms with Gasteiger partial charge in [-0.05, 0) is 36.5 Å². The first-order valence-corrected chi connectivity index (χ1v) is 12.6. The number of benzene rings is 1. The van der Waals surface area contributed by atoms with Gasteiger partial charge < -0.3 is 24.1 Å². The molecule has 0 atom stereocenters. The molecule has 3 heterocycles. The van der Waals surface area contributed by atoms with E-state index in [0.29, 0.717) is 45.2 Å². The van der Waals surface area contributed by atoms with Crippen molar-refractivity contribution in [3.8, 4) is 0 Å². The number of nitrogens with one attached hydrogen (secondary N) is 2. The lowest BCUT2D eigenvalue weighted by atomic mass is 10.2. The summed E-state index contributed by atoms with van der Waals surface area (Å²) in [7, 11) is -3.72. The van der Waals surface area contributed by atoms with Gasteiger partial charge in [-0.1, -0.05) is 0 Å². The van der Waals surface area contributed by atoms with Gasteiger partial charge in [0.1, 0.15) is 4.92 Å². The number of anilines is 2. The Balaban J connectivity index is 1.53. The van der Waals surface area contributed by atoms with Gasteiger partial charge >= 0.3 is 5.88 Å². The van der Waals surface area contributed by atoms with E-state index in [-0.39, 0.29) is 28.9 Å². The molecule has 2 saturated heterocycles. The van der Waals surface area contributed by atoms with Crippen molar-refractivity contribution in [2.24, 2.45) is 5.10 Å². The Morgan fingerprint density at radius 3 is 2.43 bits per heavy atom. The van der Waals surface area contributed by atoms with Gasteiger partial charge in [-0.15, -0.1) is 0 Å². The van der Waals surface area contributed by atoms with E-state index in [1.54, 1.807) is 18.2 Å². The molecule has 0 amide bonds. The minimum Gasteiger partial charge on any atom is -0.400 e. The summed E-state index contributed by atoms with van der Waals surface area (Å²) < 4.78 is 43.4. The number of sulfonamides is 1. The maximum Gasteiger partial charge on any atom is 0.433 e. The quantitative estimate of drug-likeness (QED) is 0.234. The molecule has 0 bridgehead atoms. The van der Waals surface area contributed by atoms with Crippen molar-refractivity contribution in [3.05, 3.63) is 46.2 Å². The Kier molecular flexibility index (Phi) is 7.92. The fraction of sp³-hybridized carbons (Fsp3) is 0.400. The largest absolute Gasteiger partial charge is 0.433 e. The van der Waals surface area contributed by atoms with E-state index < -0.39 is 20.8 Å². The van der Waals surface area contributed by atoms with Crippen molar-refractivity contribution in [2.45, 2.75) is 4.90 Å². The molecule has 2 aliphatic heterocycles. The molecule has 13 nitrogen and oxygen atoms in total. The third-order valence-electron chi connectivity index (χ3n) is 5.33. The number of hydrazone groups is 1. The van der Waals surface area contributed by atoms with Crippen LogP contribution in [0.1, 0.15) is 5.76 Å². The van der Waals surface area contributed by atoms with Crippen molar-refractivity contribution in [3.63, 3.8) is 0 Å². The number of hydrogen-bond donors (Lipinski definition) is 2. The first kappa shape index (κ1) is 25.0. The van der Waals surface area contributed by atoms with E-state index in [2.05, 4.69) is 20.7 Å². The summed E-state index contributed by atoms with van der Waals surface area (Å²) in [5.41, 5.74) is 3.87. The molecule has 4 rings (SSSR count). The van der Waals surface area contributed by atoms with Crippen LogP contribution in [0, 0.1) is 10.1 Å². The number of rotatable bonds is 7. The molecule has 2 fully saturated rings. The van der Waals surface area contributed by atoms with Crippen LogP contribution in [0.15, 0.2) is 44.7 Å². The topological polar surface area (TPSA) is 152 Å². The highest BCUT2D eigenvalue weighted by Gasteiger charge is 2.28. The van der Waals surface area contributed by atoms with Crippen LogP contribution >= 0.6 is 12.2 Å². The van der Waals surface area contributed by atoms with Crippen molar-refractivity contribution < 1.29 is 27.2 Å². The number of morpholine rings is 2. The molecule has 0 unspecified atom stereocenters. The van der Waals surface area contributed by atoms with E-state index in [1.807, 2.05) is 0 Å². The highest BCUT2D eigenvalue weighted by molar-refractivity contribution is 7.89. The molecule has 188 valence electrons. The molecule has 0 spiro atoms. The zero-order chi connectivity index (χ0) is 24.8. The zero-order valence-electron chi connectivity index (χ0n) is 18.6. The van der Waals surface area contributed by atoms with Crippen molar-refractivity contribution in [1.82, 2.24) is 9.73 Å². The number of hydrogen-bond acceptors (Lipinski definition) is 10. The molecule has 1 aromatic heterocycles. The maximum atomic E-state index is 13.2. The van der Waals surface area contributed by atoms with Crippen LogP contribution in [-0.2, 0) is 19.5 Å². The maximum absolute atomic E-state index is 13.2. The SMILES string of the molecule is O=[N+]([O-])c1ccc(C=NNC(=S)Nc2cc(S(=O)(=O)N3CCOCC3)ccc2N2CCOCC2)o1. The van der Waals surface area contributed by atoms with Crippen LogP contribution in [-0.4, -0.2) is 81.6 Å². The Labute approximate surface area is 206 Å². The van der Waals surface area contributed by atoms with Gasteiger partial charge in [0, 0.05) is 26.2 Å². The lowest BCUT2D eigenvalue weighted by Crippen LogP contribution is -2.40. The molecular weight excluding hydrogens is 500 g/mol. The van der Waals surface area contributed by atoms with E-state index in [9.17, 15) is 18.5 Å². The predicted molar refractivity (Wildman–Crippen MR) is 131 cm³/mol. The normalized spacial score (nSPS) is 17.4. The Morgan fingerprint density at radius 1 is 1.09 bits per heavy atom. The number of ether oxygens (including phenoxy) is 2. The molecule has 2 aromatic rings. The number of nitrogens with zero attached hydrogens (tertiary/aromatic N) is 4. The Bertz CT molecular complexity index is 1200. The number of thiocarbonyl (C=S) groups is 1. The van der Waals surface area contributed by atoms with Crippen LogP contribution in [0.3, 0.4) is 0 Å². The molecule has 2 aliphatic rings. The highest BCUT2D eigenvalue weighted by Crippen LogP contribution is 2.31. The van der Waals surface area contributed by atoms with Gasteiger partial charge in [0.25, 0.3) is 0 Å². The summed E-state index contributed by atoms with van der Waals surface area (Å²) in [4.78, 5) is 12.3. The summed E-state index contributed by atoms with van der Waals surface area (Å²) in [6.45, 7) is 3.65. The van der Waals surface area contributed by atoms with Crippen LogP contribution in [0.25, 0.3) is 0 Å². The second kappa shape index (κ2) is 11.1. The summed E-state index contributed by atoms with van der Waals surface area (Å²) in [5.74, 6) is -0.236. The smallest absolute Gasteiger partial charge is 0.400 e. The molecule has 2 N–H and O–H groups in total. The standard InChI is InChI=1S/C20H24N6O7S2/c27-26(28)19-4-1-15(33-19)14-21-23-20(34)22-17-13-16(35(29,30)25-7-11-32-12-8-25)2-3-18(17)24-5-9-31-10-6-24/h1-4,13-14H,5-12H2,(H2,22,23,34). The number of furan rings is 1. The average molecular weight is 525 g/mol. The molecule has 35 heavy (non-hydrogen) atoms. The molecule has 0 saturated carbocycles. The molecule has 0 radical (unpaired) electrons. The van der Waals surface area contributed by atoms with Crippen LogP contribution < -0.4 is 15.6 Å². The van der Waals surface area contributed by atoms with Gasteiger partial charge in [-0.3, -0.25) is 15.5 Å². The Morgan fingerprint density at radius 2 is 1.77 bits per heavy atom. The van der Waals surface area contributed by atoms with E-state index in [1.165, 1.54) is 22.7 Å². The zero-order valence-corrected chi connectivity index (χ0v) is 20.2. The summed E-state index contributed by atoms with van der Waals surface area (Å²) in [6.07, 6.45) is 1.24. The van der Waals surface area contributed by atoms with Crippen LogP contribution in [0.4, 0.5) is 17.3 Å². The van der Waals surface area contributed by atoms with Crippen LogP contribution in [0.5, 0.6) is 0 Å². The number of nitro groups is 1. The second-order valence-electron chi connectivity index (χ2n) is 7.55. The first-order valence-electron chi connectivity index (χ1n) is 10.7. The molecule has 0 aliphatic carbocycles. The van der Waals surface area contributed by atoms with E-state index in [4.69, 9.17) is 26.1 Å². The lowest BCUT2D eigenvalue weighted by molar-refractivity contribution is -0.402. The minimum atomic E-state index is -3.72. The summed E-state index contributed by atoms with van der Waals surface area (Å²) in [6, 6.07) is 7.49. The summed E-state index contributed by atoms with van der Waals surface area (Å²) >= 11 is 5.33. The fourth-order valence-corrected chi connectivity index (χ4v) is 5.20.